The van der Waals surface area contributed by atoms with Crippen LogP contribution < -0.4 is 11.1 Å². The first-order valence-electron chi connectivity index (χ1n) is 6.87. The highest BCUT2D eigenvalue weighted by atomic mass is 16.3. The Kier molecular flexibility index (Phi) is 5.53. The third-order valence-corrected chi connectivity index (χ3v) is 2.93. The zero-order valence-corrected chi connectivity index (χ0v) is 12.7. The number of carbonyl (C=O) groups excluding carboxylic acids is 1. The van der Waals surface area contributed by atoms with E-state index in [1.807, 2.05) is 38.1 Å². The number of carbonyl (C=O) groups is 1. The lowest BCUT2D eigenvalue weighted by Crippen LogP contribution is -2.44. The summed E-state index contributed by atoms with van der Waals surface area (Å²) in [5, 5.41) is 12.6. The predicted octanol–water partition coefficient (Wildman–Crippen LogP) is 2.33. The van der Waals surface area contributed by atoms with Gasteiger partial charge in [0.2, 0.25) is 0 Å². The molecular formula is C15H25N3O2. The van der Waals surface area contributed by atoms with E-state index in [9.17, 15) is 9.90 Å². The van der Waals surface area contributed by atoms with Crippen LogP contribution >= 0.6 is 0 Å². The van der Waals surface area contributed by atoms with E-state index in [2.05, 4.69) is 5.32 Å². The first kappa shape index (κ1) is 16.5. The van der Waals surface area contributed by atoms with Crippen molar-refractivity contribution in [2.75, 3.05) is 18.4 Å². The molecular weight excluding hydrogens is 254 g/mol. The number of likely N-dealkylation sites (N-methyl/N-ethyl adjacent to an activating group) is 1. The molecule has 1 aromatic carbocycles. The minimum Gasteiger partial charge on any atom is -0.389 e. The molecule has 0 aliphatic heterocycles. The zero-order valence-electron chi connectivity index (χ0n) is 12.7. The maximum atomic E-state index is 12.1. The zero-order chi connectivity index (χ0) is 15.3. The summed E-state index contributed by atoms with van der Waals surface area (Å²) in [4.78, 5) is 13.7. The number of anilines is 1. The molecule has 5 heteroatoms. The fourth-order valence-corrected chi connectivity index (χ4v) is 1.87. The van der Waals surface area contributed by atoms with Crippen molar-refractivity contribution >= 4 is 11.7 Å². The number of urea groups is 1. The van der Waals surface area contributed by atoms with Crippen LogP contribution in [0.1, 0.15) is 39.3 Å². The summed E-state index contributed by atoms with van der Waals surface area (Å²) < 4.78 is 0. The minimum absolute atomic E-state index is 0.0259. The standard InChI is InChI=1S/C15H25N3O2/c1-5-18(10-15(3,4)20)14(19)17-13-8-6-12(7-9-13)11(2)16/h6-9,11,20H,5,10,16H2,1-4H3,(H,17,19). The Balaban J connectivity index is 2.68. The topological polar surface area (TPSA) is 78.6 Å². The number of aliphatic hydroxyl groups is 1. The Morgan fingerprint density at radius 3 is 2.35 bits per heavy atom. The summed E-state index contributed by atoms with van der Waals surface area (Å²) in [5.41, 5.74) is 6.61. The number of nitrogens with zero attached hydrogens (tertiary/aromatic N) is 1. The van der Waals surface area contributed by atoms with Gasteiger partial charge in [0.05, 0.1) is 12.1 Å². The van der Waals surface area contributed by atoms with Crippen molar-refractivity contribution in [1.82, 2.24) is 4.90 Å². The van der Waals surface area contributed by atoms with Gasteiger partial charge in [-0.15, -0.1) is 0 Å². The summed E-state index contributed by atoms with van der Waals surface area (Å²) in [6, 6.07) is 7.20. The van der Waals surface area contributed by atoms with E-state index in [4.69, 9.17) is 5.73 Å². The molecule has 0 spiro atoms. The van der Waals surface area contributed by atoms with Gasteiger partial charge in [-0.2, -0.15) is 0 Å². The van der Waals surface area contributed by atoms with Crippen molar-refractivity contribution in [2.45, 2.75) is 39.3 Å². The van der Waals surface area contributed by atoms with Crippen molar-refractivity contribution in [1.29, 1.82) is 0 Å². The second-order valence-corrected chi connectivity index (χ2v) is 5.67. The van der Waals surface area contributed by atoms with Gasteiger partial charge in [0.1, 0.15) is 0 Å². The second kappa shape index (κ2) is 6.72. The Morgan fingerprint density at radius 1 is 1.40 bits per heavy atom. The lowest BCUT2D eigenvalue weighted by Gasteiger charge is -2.28. The van der Waals surface area contributed by atoms with Gasteiger partial charge < -0.3 is 21.1 Å². The molecule has 4 N–H and O–H groups in total. The number of nitrogens with two attached hydrogens (primary N) is 1. The summed E-state index contributed by atoms with van der Waals surface area (Å²) in [5.74, 6) is 0. The van der Waals surface area contributed by atoms with Crippen molar-refractivity contribution in [2.24, 2.45) is 5.73 Å². The molecule has 0 aliphatic carbocycles. The van der Waals surface area contributed by atoms with E-state index in [0.717, 1.165) is 5.56 Å². The van der Waals surface area contributed by atoms with Crippen molar-refractivity contribution in [3.05, 3.63) is 29.8 Å². The maximum Gasteiger partial charge on any atom is 0.321 e. The molecule has 0 bridgehead atoms. The number of rotatable bonds is 5. The molecule has 20 heavy (non-hydrogen) atoms. The van der Waals surface area contributed by atoms with Crippen LogP contribution in [-0.2, 0) is 0 Å². The highest BCUT2D eigenvalue weighted by Gasteiger charge is 2.21. The number of benzene rings is 1. The molecule has 1 unspecified atom stereocenters. The first-order chi connectivity index (χ1) is 9.23. The van der Waals surface area contributed by atoms with Gasteiger partial charge in [0.15, 0.2) is 0 Å². The predicted molar refractivity (Wildman–Crippen MR) is 81.6 cm³/mol. The largest absolute Gasteiger partial charge is 0.389 e. The van der Waals surface area contributed by atoms with E-state index in [1.165, 1.54) is 0 Å². The molecule has 0 fully saturated rings. The SMILES string of the molecule is CCN(CC(C)(C)O)C(=O)Nc1ccc(C(C)N)cc1. The number of nitrogens with one attached hydrogen (secondary N) is 1. The van der Waals surface area contributed by atoms with Crippen molar-refractivity contribution < 1.29 is 9.90 Å². The van der Waals surface area contributed by atoms with Crippen molar-refractivity contribution in [3.8, 4) is 0 Å². The van der Waals surface area contributed by atoms with Crippen LogP contribution in [0, 0.1) is 0 Å². The second-order valence-electron chi connectivity index (χ2n) is 5.67. The summed E-state index contributed by atoms with van der Waals surface area (Å²) in [7, 11) is 0. The van der Waals surface area contributed by atoms with E-state index < -0.39 is 5.60 Å². The monoisotopic (exact) mass is 279 g/mol. The molecule has 5 nitrogen and oxygen atoms in total. The Labute approximate surface area is 120 Å². The van der Waals surface area contributed by atoms with Gasteiger partial charge in [-0.1, -0.05) is 12.1 Å². The van der Waals surface area contributed by atoms with E-state index in [1.54, 1.807) is 18.7 Å². The lowest BCUT2D eigenvalue weighted by atomic mass is 10.1. The quantitative estimate of drug-likeness (QED) is 0.774. The van der Waals surface area contributed by atoms with Gasteiger partial charge >= 0.3 is 6.03 Å². The smallest absolute Gasteiger partial charge is 0.321 e. The number of hydrogen-bond acceptors (Lipinski definition) is 3. The highest BCUT2D eigenvalue weighted by Crippen LogP contribution is 2.15. The molecule has 1 atom stereocenters. The normalized spacial score (nSPS) is 12.9. The fourth-order valence-electron chi connectivity index (χ4n) is 1.87. The molecule has 0 saturated carbocycles. The third kappa shape index (κ3) is 5.19. The Morgan fingerprint density at radius 2 is 1.95 bits per heavy atom. The Bertz CT molecular complexity index is 435. The average molecular weight is 279 g/mol. The molecule has 112 valence electrons. The number of amides is 2. The maximum absolute atomic E-state index is 12.1. The van der Waals surface area contributed by atoms with Crippen LogP contribution in [0.3, 0.4) is 0 Å². The Hall–Kier alpha value is -1.59. The van der Waals surface area contributed by atoms with Gasteiger partial charge in [-0.05, 0) is 45.4 Å². The van der Waals surface area contributed by atoms with Crippen LogP contribution in [-0.4, -0.2) is 34.7 Å². The highest BCUT2D eigenvalue weighted by molar-refractivity contribution is 5.89. The third-order valence-electron chi connectivity index (χ3n) is 2.93. The van der Waals surface area contributed by atoms with Gasteiger partial charge in [0, 0.05) is 18.3 Å². The van der Waals surface area contributed by atoms with Crippen LogP contribution in [0.15, 0.2) is 24.3 Å². The summed E-state index contributed by atoms with van der Waals surface area (Å²) in [6.07, 6.45) is 0. The van der Waals surface area contributed by atoms with E-state index in [-0.39, 0.29) is 18.6 Å². The van der Waals surface area contributed by atoms with Gasteiger partial charge in [-0.3, -0.25) is 0 Å². The number of hydrogen-bond donors (Lipinski definition) is 3. The summed E-state index contributed by atoms with van der Waals surface area (Å²) >= 11 is 0. The molecule has 0 radical (unpaired) electrons. The van der Waals surface area contributed by atoms with Crippen LogP contribution in [0.2, 0.25) is 0 Å². The minimum atomic E-state index is -0.911. The average Bonchev–Trinajstić information content (AvgIpc) is 2.35. The molecule has 0 aliphatic rings. The van der Waals surface area contributed by atoms with Gasteiger partial charge in [0.25, 0.3) is 0 Å². The van der Waals surface area contributed by atoms with Crippen molar-refractivity contribution in [3.63, 3.8) is 0 Å². The first-order valence-corrected chi connectivity index (χ1v) is 6.87. The molecule has 1 rings (SSSR count). The van der Waals surface area contributed by atoms with E-state index >= 15 is 0 Å². The molecule has 1 aromatic rings. The molecule has 0 aromatic heterocycles. The molecule has 2 amide bonds. The van der Waals surface area contributed by atoms with Crippen LogP contribution in [0.4, 0.5) is 10.5 Å². The van der Waals surface area contributed by atoms with E-state index in [0.29, 0.717) is 12.2 Å². The van der Waals surface area contributed by atoms with Gasteiger partial charge in [-0.25, -0.2) is 4.79 Å². The van der Waals surface area contributed by atoms with Crippen LogP contribution in [0.25, 0.3) is 0 Å². The molecule has 0 saturated heterocycles. The molecule has 0 heterocycles. The fraction of sp³-hybridized carbons (Fsp3) is 0.533. The summed E-state index contributed by atoms with van der Waals surface area (Å²) in [6.45, 7) is 7.97. The van der Waals surface area contributed by atoms with Crippen LogP contribution in [0.5, 0.6) is 0 Å². The lowest BCUT2D eigenvalue weighted by molar-refractivity contribution is 0.0501.